The Hall–Kier alpha value is -1.02. The van der Waals surface area contributed by atoms with Crippen molar-refractivity contribution >= 4 is 0 Å². The van der Waals surface area contributed by atoms with E-state index in [1.807, 2.05) is 0 Å². The molecular weight excluding hydrogens is 186 g/mol. The fourth-order valence-electron chi connectivity index (χ4n) is 1.60. The molecule has 0 aliphatic rings. The zero-order valence-corrected chi connectivity index (χ0v) is 10.3. The van der Waals surface area contributed by atoms with E-state index in [1.54, 1.807) is 7.11 Å². The topological polar surface area (TPSA) is 35.2 Å². The van der Waals surface area contributed by atoms with Crippen LogP contribution in [0.3, 0.4) is 0 Å². The van der Waals surface area contributed by atoms with Crippen molar-refractivity contribution in [2.45, 2.75) is 33.1 Å². The van der Waals surface area contributed by atoms with Crippen molar-refractivity contribution < 1.29 is 4.74 Å². The van der Waals surface area contributed by atoms with Crippen LogP contribution in [0.15, 0.2) is 12.1 Å². The highest BCUT2D eigenvalue weighted by Crippen LogP contribution is 2.33. The van der Waals surface area contributed by atoms with E-state index in [4.69, 9.17) is 10.5 Å². The van der Waals surface area contributed by atoms with E-state index in [0.717, 1.165) is 5.75 Å². The zero-order chi connectivity index (χ0) is 11.6. The fraction of sp³-hybridized carbons (Fsp3) is 0.538. The quantitative estimate of drug-likeness (QED) is 0.826. The number of hydrogen-bond acceptors (Lipinski definition) is 2. The van der Waals surface area contributed by atoms with Crippen molar-refractivity contribution in [2.24, 2.45) is 5.73 Å². The summed E-state index contributed by atoms with van der Waals surface area (Å²) < 4.78 is 5.41. The average molecular weight is 207 g/mol. The maximum absolute atomic E-state index is 5.79. The van der Waals surface area contributed by atoms with E-state index in [9.17, 15) is 0 Å². The van der Waals surface area contributed by atoms with Crippen LogP contribution in [0.1, 0.15) is 30.5 Å². The molecule has 84 valence electrons. The van der Waals surface area contributed by atoms with Crippen LogP contribution in [0.2, 0.25) is 0 Å². The fourth-order valence-corrected chi connectivity index (χ4v) is 1.60. The summed E-state index contributed by atoms with van der Waals surface area (Å²) >= 11 is 0. The normalized spacial score (nSPS) is 11.6. The number of hydrogen-bond donors (Lipinski definition) is 1. The Morgan fingerprint density at radius 2 is 1.73 bits per heavy atom. The van der Waals surface area contributed by atoms with Crippen LogP contribution in [-0.4, -0.2) is 13.7 Å². The van der Waals surface area contributed by atoms with Gasteiger partial charge < -0.3 is 10.5 Å². The highest BCUT2D eigenvalue weighted by molar-refractivity contribution is 5.45. The maximum Gasteiger partial charge on any atom is 0.122 e. The van der Waals surface area contributed by atoms with Crippen LogP contribution in [0.25, 0.3) is 0 Å². The number of methoxy groups -OCH3 is 1. The van der Waals surface area contributed by atoms with E-state index < -0.39 is 0 Å². The minimum Gasteiger partial charge on any atom is -0.496 e. The van der Waals surface area contributed by atoms with Crippen molar-refractivity contribution in [3.05, 3.63) is 28.8 Å². The molecule has 1 aromatic rings. The molecule has 0 saturated carbocycles. The van der Waals surface area contributed by atoms with Gasteiger partial charge in [0.25, 0.3) is 0 Å². The third kappa shape index (κ3) is 2.32. The number of rotatable bonds is 3. The Morgan fingerprint density at radius 3 is 2.20 bits per heavy atom. The van der Waals surface area contributed by atoms with E-state index in [1.165, 1.54) is 16.7 Å². The second-order valence-corrected chi connectivity index (χ2v) is 4.72. The summed E-state index contributed by atoms with van der Waals surface area (Å²) in [7, 11) is 1.71. The predicted molar refractivity (Wildman–Crippen MR) is 64.5 cm³/mol. The van der Waals surface area contributed by atoms with Crippen molar-refractivity contribution in [2.75, 3.05) is 13.7 Å². The lowest BCUT2D eigenvalue weighted by atomic mass is 9.82. The summed E-state index contributed by atoms with van der Waals surface area (Å²) in [6.07, 6.45) is 0. The summed E-state index contributed by atoms with van der Waals surface area (Å²) in [5.74, 6) is 0.938. The largest absolute Gasteiger partial charge is 0.496 e. The molecule has 0 spiro atoms. The maximum atomic E-state index is 5.79. The van der Waals surface area contributed by atoms with Crippen LogP contribution < -0.4 is 10.5 Å². The monoisotopic (exact) mass is 207 g/mol. The molecule has 0 atom stereocenters. The van der Waals surface area contributed by atoms with Gasteiger partial charge in [-0.1, -0.05) is 19.9 Å². The van der Waals surface area contributed by atoms with Crippen LogP contribution in [0, 0.1) is 13.8 Å². The Kier molecular flexibility index (Phi) is 3.40. The highest BCUT2D eigenvalue weighted by atomic mass is 16.5. The van der Waals surface area contributed by atoms with Crippen LogP contribution in [0.4, 0.5) is 0 Å². The van der Waals surface area contributed by atoms with E-state index in [-0.39, 0.29) is 5.41 Å². The van der Waals surface area contributed by atoms with Crippen molar-refractivity contribution in [3.63, 3.8) is 0 Å². The van der Waals surface area contributed by atoms with Gasteiger partial charge in [0.05, 0.1) is 7.11 Å². The van der Waals surface area contributed by atoms with Gasteiger partial charge in [0, 0.05) is 17.5 Å². The molecular formula is C13H21NO. The molecule has 0 saturated heterocycles. The summed E-state index contributed by atoms with van der Waals surface area (Å²) in [5, 5.41) is 0. The highest BCUT2D eigenvalue weighted by Gasteiger charge is 2.23. The van der Waals surface area contributed by atoms with Gasteiger partial charge in [-0.3, -0.25) is 0 Å². The second-order valence-electron chi connectivity index (χ2n) is 4.72. The first-order chi connectivity index (χ1) is 6.92. The van der Waals surface area contributed by atoms with Gasteiger partial charge in [0.15, 0.2) is 0 Å². The first-order valence-electron chi connectivity index (χ1n) is 5.28. The average Bonchev–Trinajstić information content (AvgIpc) is 2.21. The third-order valence-electron chi connectivity index (χ3n) is 3.06. The smallest absolute Gasteiger partial charge is 0.122 e. The van der Waals surface area contributed by atoms with Gasteiger partial charge in [0.2, 0.25) is 0 Å². The minimum atomic E-state index is -0.0379. The standard InChI is InChI=1S/C13H21NO/c1-9-6-11(13(3,4)8-14)12(15-5)7-10(9)2/h6-7H,8,14H2,1-5H3. The lowest BCUT2D eigenvalue weighted by molar-refractivity contribution is 0.393. The van der Waals surface area contributed by atoms with Gasteiger partial charge in [0.1, 0.15) is 5.75 Å². The molecule has 0 aromatic heterocycles. The molecule has 2 heteroatoms. The first kappa shape index (κ1) is 12.1. The zero-order valence-electron chi connectivity index (χ0n) is 10.3. The number of nitrogens with two attached hydrogens (primary N) is 1. The molecule has 0 radical (unpaired) electrons. The number of aryl methyl sites for hydroxylation is 2. The number of benzene rings is 1. The summed E-state index contributed by atoms with van der Waals surface area (Å²) in [5.41, 5.74) is 9.48. The van der Waals surface area contributed by atoms with E-state index in [2.05, 4.69) is 39.8 Å². The van der Waals surface area contributed by atoms with Gasteiger partial charge in [-0.15, -0.1) is 0 Å². The summed E-state index contributed by atoms with van der Waals surface area (Å²) in [6.45, 7) is 9.10. The first-order valence-corrected chi connectivity index (χ1v) is 5.28. The van der Waals surface area contributed by atoms with Gasteiger partial charge >= 0.3 is 0 Å². The molecule has 2 N–H and O–H groups in total. The molecule has 0 unspecified atom stereocenters. The second kappa shape index (κ2) is 4.23. The Labute approximate surface area is 92.4 Å². The van der Waals surface area contributed by atoms with Gasteiger partial charge in [-0.2, -0.15) is 0 Å². The van der Waals surface area contributed by atoms with Crippen LogP contribution in [-0.2, 0) is 5.41 Å². The van der Waals surface area contributed by atoms with E-state index in [0.29, 0.717) is 6.54 Å². The van der Waals surface area contributed by atoms with Gasteiger partial charge in [-0.25, -0.2) is 0 Å². The molecule has 1 rings (SSSR count). The lowest BCUT2D eigenvalue weighted by Crippen LogP contribution is -2.28. The molecule has 0 bridgehead atoms. The number of ether oxygens (including phenoxy) is 1. The van der Waals surface area contributed by atoms with Crippen LogP contribution >= 0.6 is 0 Å². The molecule has 0 aliphatic heterocycles. The SMILES string of the molecule is COc1cc(C)c(C)cc1C(C)(C)CN. The molecule has 1 aromatic carbocycles. The van der Waals surface area contributed by atoms with Crippen LogP contribution in [0.5, 0.6) is 5.75 Å². The van der Waals surface area contributed by atoms with Crippen molar-refractivity contribution in [1.29, 1.82) is 0 Å². The third-order valence-corrected chi connectivity index (χ3v) is 3.06. The Bertz CT molecular complexity index is 356. The minimum absolute atomic E-state index is 0.0379. The molecule has 0 fully saturated rings. The summed E-state index contributed by atoms with van der Waals surface area (Å²) in [4.78, 5) is 0. The Balaban J connectivity index is 3.34. The molecule has 15 heavy (non-hydrogen) atoms. The molecule has 0 aliphatic carbocycles. The summed E-state index contributed by atoms with van der Waals surface area (Å²) in [6, 6.07) is 4.27. The molecule has 0 amide bonds. The van der Waals surface area contributed by atoms with Crippen molar-refractivity contribution in [1.82, 2.24) is 0 Å². The lowest BCUT2D eigenvalue weighted by Gasteiger charge is -2.26. The Morgan fingerprint density at radius 1 is 1.20 bits per heavy atom. The molecule has 2 nitrogen and oxygen atoms in total. The molecule has 0 heterocycles. The van der Waals surface area contributed by atoms with E-state index >= 15 is 0 Å². The van der Waals surface area contributed by atoms with Gasteiger partial charge in [-0.05, 0) is 31.0 Å². The predicted octanol–water partition coefficient (Wildman–Crippen LogP) is 2.55. The van der Waals surface area contributed by atoms with Crippen molar-refractivity contribution in [3.8, 4) is 5.75 Å².